The van der Waals surface area contributed by atoms with Crippen molar-refractivity contribution >= 4 is 41.7 Å². The molecule has 0 saturated carbocycles. The molecule has 2 aromatic carbocycles. The second-order valence-electron chi connectivity index (χ2n) is 19.5. The molecule has 0 unspecified atom stereocenters. The molecule has 3 aromatic rings. The van der Waals surface area contributed by atoms with E-state index in [-0.39, 0.29) is 5.56 Å². The number of alkyl carbamates (subject to hydrolysis) is 2. The molecule has 2 aliphatic heterocycles. The summed E-state index contributed by atoms with van der Waals surface area (Å²) in [5, 5.41) is 18.4. The molecular formula is C51H60F10N10O8. The zero-order chi connectivity index (χ0) is 58.6. The normalized spacial score (nSPS) is 16.5. The fourth-order valence-corrected chi connectivity index (χ4v) is 8.02. The van der Waals surface area contributed by atoms with Gasteiger partial charge in [-0.2, -0.15) is 35.1 Å². The Morgan fingerprint density at radius 3 is 1.85 bits per heavy atom. The number of ether oxygens (including phenoxy) is 3. The van der Waals surface area contributed by atoms with Crippen molar-refractivity contribution in [2.24, 2.45) is 21.6 Å². The number of aromatic nitrogens is 1. The Hall–Kier alpha value is -7.22. The maximum Gasteiger partial charge on any atom is 0.407 e. The van der Waals surface area contributed by atoms with Crippen molar-refractivity contribution in [3.8, 4) is 11.8 Å². The Kier molecular flexibility index (Phi) is 21.1. The van der Waals surface area contributed by atoms with Crippen molar-refractivity contribution in [2.75, 3.05) is 65.1 Å². The lowest BCUT2D eigenvalue weighted by atomic mass is 9.82. The Morgan fingerprint density at radius 2 is 1.37 bits per heavy atom. The molecule has 2 fully saturated rings. The number of piperazine rings is 1. The molecule has 3 heterocycles. The van der Waals surface area contributed by atoms with Crippen LogP contribution in [0.15, 0.2) is 65.8 Å². The summed E-state index contributed by atoms with van der Waals surface area (Å²) in [4.78, 5) is 64.6. The maximum atomic E-state index is 15.9. The quantitative estimate of drug-likeness (QED) is 0.0274. The van der Waals surface area contributed by atoms with E-state index in [0.29, 0.717) is 68.2 Å². The highest BCUT2D eigenvalue weighted by molar-refractivity contribution is 5.87. The topological polar surface area (TPSA) is 225 Å². The van der Waals surface area contributed by atoms with Gasteiger partial charge in [-0.3, -0.25) is 19.9 Å². The zero-order valence-electron chi connectivity index (χ0n) is 43.6. The van der Waals surface area contributed by atoms with E-state index in [4.69, 9.17) is 10.5 Å². The number of aliphatic imine (C=N–C) groups is 1. The number of halogens is 10. The van der Waals surface area contributed by atoms with Crippen molar-refractivity contribution in [3.63, 3.8) is 0 Å². The van der Waals surface area contributed by atoms with Crippen LogP contribution in [0.3, 0.4) is 0 Å². The molecule has 432 valence electrons. The Morgan fingerprint density at radius 1 is 0.835 bits per heavy atom. The fraction of sp³-hybridized carbons (Fsp3) is 0.490. The largest absolute Gasteiger partial charge is 0.453 e. The number of nitrogens with one attached hydrogen (secondary N) is 4. The predicted octanol–water partition coefficient (Wildman–Crippen LogP) is 5.42. The number of carbonyl (C=O) groups excluding carboxylic acids is 4. The van der Waals surface area contributed by atoms with Gasteiger partial charge in [0.25, 0.3) is 5.91 Å². The number of nitrogens with two attached hydrogens (primary N) is 1. The monoisotopic (exact) mass is 1130 g/mol. The number of carbonyl (C=O) groups is 4. The summed E-state index contributed by atoms with van der Waals surface area (Å²) in [5.41, 5.74) is 1.11. The van der Waals surface area contributed by atoms with Gasteiger partial charge < -0.3 is 45.9 Å². The Labute approximate surface area is 448 Å². The second kappa shape index (κ2) is 26.6. The number of nitrogens with zero attached hydrogens (tertiary/aromatic N) is 5. The van der Waals surface area contributed by atoms with Crippen molar-refractivity contribution < 1.29 is 82.4 Å². The molecule has 4 amide bonds. The van der Waals surface area contributed by atoms with Gasteiger partial charge in [0.05, 0.1) is 56.5 Å². The molecule has 4 atom stereocenters. The summed E-state index contributed by atoms with van der Waals surface area (Å²) >= 11 is 0. The van der Waals surface area contributed by atoms with Crippen LogP contribution in [0.25, 0.3) is 5.70 Å². The average Bonchev–Trinajstić information content (AvgIpc) is 3.39. The first kappa shape index (κ1) is 62.6. The molecular weight excluding hydrogens is 1070 g/mol. The third-order valence-electron chi connectivity index (χ3n) is 13.4. The maximum absolute atomic E-state index is 15.9. The van der Waals surface area contributed by atoms with E-state index in [1.807, 2.05) is 16.8 Å². The minimum Gasteiger partial charge on any atom is -0.453 e. The number of rotatable bonds is 20. The standard InChI is InChI=1S/C51H60F10N10O8/c1-48(2,50(56,57)58)41(66-46(75)77-5)43(73)65-38(21-30-10-7-29(8-11-30)9-12-31-13-14-40(64-24-31)70-19-17-69(18-20-70)33-27-79-28-33)39(72)26-71(68-44(74)42(67-47(76)78-6)49(3,4)51(59,60)61)25-34-35(52)22-32(23-36(34)53)37(62)15-16-63-45(54)55/h7-8,10-11,13-16,22-24,33,38-39,41-42,45,72H,17-21,25-28,62H2,1-6H3,(H,65,73)(H,66,75)(H,67,76)(H,68,74)/t38-,39-,41+,42+/m0/s1. The molecule has 7 N–H and O–H groups in total. The molecule has 28 heteroatoms. The molecule has 5 rings (SSSR count). The van der Waals surface area contributed by atoms with Crippen LogP contribution in [0.4, 0.5) is 59.3 Å². The van der Waals surface area contributed by atoms with E-state index in [2.05, 4.69) is 46.4 Å². The zero-order valence-corrected chi connectivity index (χ0v) is 43.6. The highest BCUT2D eigenvalue weighted by atomic mass is 19.4. The number of alkyl halides is 8. The first-order chi connectivity index (χ1) is 36.9. The van der Waals surface area contributed by atoms with Crippen molar-refractivity contribution in [1.29, 1.82) is 0 Å². The molecule has 0 radical (unpaired) electrons. The van der Waals surface area contributed by atoms with Gasteiger partial charge in [-0.1, -0.05) is 24.0 Å². The van der Waals surface area contributed by atoms with Crippen LogP contribution in [0, 0.1) is 34.3 Å². The molecule has 0 bridgehead atoms. The molecule has 1 aromatic heterocycles. The van der Waals surface area contributed by atoms with E-state index in [1.165, 1.54) is 24.3 Å². The van der Waals surface area contributed by atoms with E-state index in [9.17, 15) is 59.4 Å². The van der Waals surface area contributed by atoms with Gasteiger partial charge in [-0.25, -0.2) is 33.4 Å². The van der Waals surface area contributed by atoms with E-state index in [1.54, 1.807) is 17.6 Å². The number of allylic oxidation sites excluding steroid dienone is 1. The number of amides is 4. The van der Waals surface area contributed by atoms with Crippen LogP contribution in [0.5, 0.6) is 0 Å². The van der Waals surface area contributed by atoms with E-state index in [0.717, 1.165) is 65.5 Å². The van der Waals surface area contributed by atoms with Crippen molar-refractivity contribution in [3.05, 3.63) is 100 Å². The first-order valence-corrected chi connectivity index (χ1v) is 24.2. The third-order valence-corrected chi connectivity index (χ3v) is 13.4. The van der Waals surface area contributed by atoms with Gasteiger partial charge in [-0.05, 0) is 82.2 Å². The number of pyridine rings is 1. The third kappa shape index (κ3) is 16.7. The van der Waals surface area contributed by atoms with Crippen molar-refractivity contribution in [2.45, 2.75) is 89.8 Å². The number of hydrogen-bond donors (Lipinski definition) is 6. The molecule has 0 spiro atoms. The second-order valence-corrected chi connectivity index (χ2v) is 19.5. The van der Waals surface area contributed by atoms with Crippen LogP contribution in [0.1, 0.15) is 55.5 Å². The molecule has 18 nitrogen and oxygen atoms in total. The summed E-state index contributed by atoms with van der Waals surface area (Å²) in [6, 6.07) is 4.53. The predicted molar refractivity (Wildman–Crippen MR) is 267 cm³/mol. The summed E-state index contributed by atoms with van der Waals surface area (Å²) in [7, 11) is 1.59. The molecule has 2 aliphatic rings. The summed E-state index contributed by atoms with van der Waals surface area (Å²) < 4.78 is 158. The highest BCUT2D eigenvalue weighted by Crippen LogP contribution is 2.42. The molecule has 79 heavy (non-hydrogen) atoms. The lowest BCUT2D eigenvalue weighted by Gasteiger charge is -2.42. The summed E-state index contributed by atoms with van der Waals surface area (Å²) in [5.74, 6) is 0.633. The molecule has 2 saturated heterocycles. The fourth-order valence-electron chi connectivity index (χ4n) is 8.02. The van der Waals surface area contributed by atoms with Gasteiger partial charge in [0.15, 0.2) is 0 Å². The van der Waals surface area contributed by atoms with E-state index >= 15 is 8.78 Å². The van der Waals surface area contributed by atoms with Crippen LogP contribution < -0.4 is 32.0 Å². The first-order valence-electron chi connectivity index (χ1n) is 24.2. The van der Waals surface area contributed by atoms with Crippen molar-refractivity contribution in [1.82, 2.24) is 36.3 Å². The number of aliphatic hydroxyl groups is 1. The smallest absolute Gasteiger partial charge is 0.407 e. The molecule has 0 aliphatic carbocycles. The van der Waals surface area contributed by atoms with Gasteiger partial charge in [-0.15, -0.1) is 0 Å². The van der Waals surface area contributed by atoms with Gasteiger partial charge in [0.2, 0.25) is 5.91 Å². The van der Waals surface area contributed by atoms with Gasteiger partial charge in [0.1, 0.15) is 29.5 Å². The van der Waals surface area contributed by atoms with Crippen LogP contribution in [0.2, 0.25) is 0 Å². The Balaban J connectivity index is 1.50. The highest BCUT2D eigenvalue weighted by Gasteiger charge is 2.57. The average molecular weight is 1130 g/mol. The lowest BCUT2D eigenvalue weighted by Crippen LogP contribution is -2.63. The number of benzene rings is 2. The van der Waals surface area contributed by atoms with Crippen LogP contribution in [-0.2, 0) is 36.8 Å². The SMILES string of the molecule is COC(=O)N[C@H](C(=O)N[C@@H](Cc1ccc(C#Cc2ccc(N3CCN(C4COC4)CC3)nc2)cc1)[C@@H](O)CN(Cc1c(F)cc(C(N)=CC=NC(F)F)cc1F)NC(=O)[C@@H](NC(=O)OC)C(C)(C)C(F)(F)F)C(C)(C)C(F)(F)F. The Bertz CT molecular complexity index is 2700. The van der Waals surface area contributed by atoms with E-state index < -0.39 is 126 Å². The lowest BCUT2D eigenvalue weighted by molar-refractivity contribution is -0.221. The van der Waals surface area contributed by atoms with Gasteiger partial charge >= 0.3 is 31.1 Å². The summed E-state index contributed by atoms with van der Waals surface area (Å²) in [6.07, 6.45) is -13.1. The minimum atomic E-state index is -5.23. The number of aliphatic hydroxyl groups excluding tert-OH is 1. The number of hydrazine groups is 1. The minimum absolute atomic E-state index is 0.264. The summed E-state index contributed by atoms with van der Waals surface area (Å²) in [6.45, 7) is 1.55. The van der Waals surface area contributed by atoms with Crippen LogP contribution >= 0.6 is 0 Å². The number of anilines is 1. The van der Waals surface area contributed by atoms with Gasteiger partial charge in [0, 0.05) is 79.6 Å². The van der Waals surface area contributed by atoms with Crippen LogP contribution in [-0.4, -0.2) is 160 Å². The number of methoxy groups -OCH3 is 2. The number of hydrogen-bond acceptors (Lipinski definition) is 14.